The van der Waals surface area contributed by atoms with Gasteiger partial charge in [0.2, 0.25) is 0 Å². The Morgan fingerprint density at radius 3 is 2.48 bits per heavy atom. The third-order valence-electron chi connectivity index (χ3n) is 4.58. The fraction of sp³-hybridized carbons (Fsp3) is 0.208. The molecule has 0 spiro atoms. The van der Waals surface area contributed by atoms with Crippen LogP contribution in [0.15, 0.2) is 64.1 Å². The number of aryl methyl sites for hydroxylation is 2. The summed E-state index contributed by atoms with van der Waals surface area (Å²) in [6.07, 6.45) is 1.80. The summed E-state index contributed by atoms with van der Waals surface area (Å²) in [7, 11) is 0. The molecular formula is C24H23BrN2O4. The standard InChI is InChI=1S/C24H23BrN2O4/c1-4-30-23-13-19(14-26-22-11-16(2)5-6-17(22)3)12-21(25)24(23)31-15-18-7-9-20(10-8-18)27(28)29/h5-14H,4,15H2,1-3H3. The number of nitro benzene ring substituents is 1. The van der Waals surface area contributed by atoms with E-state index in [4.69, 9.17) is 9.47 Å². The Labute approximate surface area is 189 Å². The highest BCUT2D eigenvalue weighted by Crippen LogP contribution is 2.37. The highest BCUT2D eigenvalue weighted by molar-refractivity contribution is 9.10. The summed E-state index contributed by atoms with van der Waals surface area (Å²) < 4.78 is 12.5. The minimum Gasteiger partial charge on any atom is -0.490 e. The maximum Gasteiger partial charge on any atom is 0.269 e. The Morgan fingerprint density at radius 2 is 1.81 bits per heavy atom. The van der Waals surface area contributed by atoms with E-state index in [1.54, 1.807) is 18.3 Å². The zero-order valence-electron chi connectivity index (χ0n) is 17.6. The van der Waals surface area contributed by atoms with Crippen LogP contribution < -0.4 is 9.47 Å². The summed E-state index contributed by atoms with van der Waals surface area (Å²) in [5.74, 6) is 1.17. The van der Waals surface area contributed by atoms with Crippen LogP contribution in [0, 0.1) is 24.0 Å². The molecule has 3 aromatic rings. The molecule has 0 aromatic heterocycles. The van der Waals surface area contributed by atoms with Crippen molar-refractivity contribution in [2.75, 3.05) is 6.61 Å². The summed E-state index contributed by atoms with van der Waals surface area (Å²) >= 11 is 3.57. The third-order valence-corrected chi connectivity index (χ3v) is 5.17. The minimum atomic E-state index is -0.424. The predicted octanol–water partition coefficient (Wildman–Crippen LogP) is 6.70. The lowest BCUT2D eigenvalue weighted by Gasteiger charge is -2.14. The second-order valence-electron chi connectivity index (χ2n) is 7.02. The van der Waals surface area contributed by atoms with Crippen molar-refractivity contribution in [2.45, 2.75) is 27.4 Å². The van der Waals surface area contributed by atoms with Gasteiger partial charge in [0, 0.05) is 18.3 Å². The Kier molecular flexibility index (Phi) is 7.41. The molecule has 0 radical (unpaired) electrons. The topological polar surface area (TPSA) is 74.0 Å². The molecule has 0 N–H and O–H groups in total. The highest BCUT2D eigenvalue weighted by Gasteiger charge is 2.13. The highest BCUT2D eigenvalue weighted by atomic mass is 79.9. The van der Waals surface area contributed by atoms with Gasteiger partial charge in [0.05, 0.1) is 21.7 Å². The van der Waals surface area contributed by atoms with E-state index in [-0.39, 0.29) is 12.3 Å². The van der Waals surface area contributed by atoms with E-state index < -0.39 is 4.92 Å². The molecule has 0 heterocycles. The molecule has 6 nitrogen and oxygen atoms in total. The quantitative estimate of drug-likeness (QED) is 0.203. The largest absolute Gasteiger partial charge is 0.490 e. The van der Waals surface area contributed by atoms with Gasteiger partial charge in [-0.3, -0.25) is 15.1 Å². The van der Waals surface area contributed by atoms with Gasteiger partial charge in [0.15, 0.2) is 11.5 Å². The lowest BCUT2D eigenvalue weighted by atomic mass is 10.1. The first-order chi connectivity index (χ1) is 14.9. The van der Waals surface area contributed by atoms with Crippen LogP contribution in [-0.2, 0) is 6.61 Å². The average Bonchev–Trinajstić information content (AvgIpc) is 2.74. The number of aliphatic imine (C=N–C) groups is 1. The molecule has 0 amide bonds. The van der Waals surface area contributed by atoms with Gasteiger partial charge < -0.3 is 9.47 Å². The van der Waals surface area contributed by atoms with Crippen LogP contribution in [-0.4, -0.2) is 17.7 Å². The number of rotatable bonds is 8. The predicted molar refractivity (Wildman–Crippen MR) is 126 cm³/mol. The van der Waals surface area contributed by atoms with Gasteiger partial charge in [-0.15, -0.1) is 0 Å². The molecule has 3 aromatic carbocycles. The number of hydrogen-bond donors (Lipinski definition) is 0. The first-order valence-corrected chi connectivity index (χ1v) is 10.6. The zero-order valence-corrected chi connectivity index (χ0v) is 19.2. The van der Waals surface area contributed by atoms with E-state index in [9.17, 15) is 10.1 Å². The Bertz CT molecular complexity index is 1110. The van der Waals surface area contributed by atoms with Gasteiger partial charge in [-0.1, -0.05) is 12.1 Å². The molecule has 0 unspecified atom stereocenters. The van der Waals surface area contributed by atoms with Gasteiger partial charge >= 0.3 is 0 Å². The summed E-state index contributed by atoms with van der Waals surface area (Å²) in [6, 6.07) is 16.2. The van der Waals surface area contributed by atoms with Crippen molar-refractivity contribution in [3.8, 4) is 11.5 Å². The fourth-order valence-corrected chi connectivity index (χ4v) is 3.51. The SMILES string of the molecule is CCOc1cc(C=Nc2cc(C)ccc2C)cc(Br)c1OCc1ccc([N+](=O)[O-])cc1. The van der Waals surface area contributed by atoms with Crippen molar-refractivity contribution < 1.29 is 14.4 Å². The van der Waals surface area contributed by atoms with E-state index in [0.29, 0.717) is 18.1 Å². The Balaban J connectivity index is 1.82. The molecule has 31 heavy (non-hydrogen) atoms. The fourth-order valence-electron chi connectivity index (χ4n) is 2.94. The van der Waals surface area contributed by atoms with E-state index >= 15 is 0 Å². The monoisotopic (exact) mass is 482 g/mol. The smallest absolute Gasteiger partial charge is 0.269 e. The molecule has 0 bridgehead atoms. The van der Waals surface area contributed by atoms with Crippen LogP contribution in [0.4, 0.5) is 11.4 Å². The number of nitro groups is 1. The number of halogens is 1. The van der Waals surface area contributed by atoms with E-state index in [2.05, 4.69) is 33.1 Å². The Morgan fingerprint density at radius 1 is 1.06 bits per heavy atom. The molecule has 0 atom stereocenters. The molecule has 0 saturated carbocycles. The van der Waals surface area contributed by atoms with Crippen molar-refractivity contribution in [1.29, 1.82) is 0 Å². The van der Waals surface area contributed by atoms with Gasteiger partial charge in [-0.05, 0) is 89.3 Å². The average molecular weight is 483 g/mol. The van der Waals surface area contributed by atoms with Crippen molar-refractivity contribution in [2.24, 2.45) is 4.99 Å². The van der Waals surface area contributed by atoms with Gasteiger partial charge in [-0.25, -0.2) is 0 Å². The number of nitrogens with zero attached hydrogens (tertiary/aromatic N) is 2. The summed E-state index contributed by atoms with van der Waals surface area (Å²) in [4.78, 5) is 15.0. The molecule has 0 saturated heterocycles. The number of ether oxygens (including phenoxy) is 2. The molecule has 3 rings (SSSR count). The van der Waals surface area contributed by atoms with Crippen LogP contribution in [0.5, 0.6) is 11.5 Å². The first kappa shape index (κ1) is 22.5. The van der Waals surface area contributed by atoms with Crippen LogP contribution in [0.3, 0.4) is 0 Å². The van der Waals surface area contributed by atoms with E-state index in [0.717, 1.165) is 32.4 Å². The van der Waals surface area contributed by atoms with Gasteiger partial charge in [0.25, 0.3) is 5.69 Å². The van der Waals surface area contributed by atoms with Crippen molar-refractivity contribution in [3.05, 3.63) is 91.4 Å². The molecule has 0 aliphatic rings. The van der Waals surface area contributed by atoms with Gasteiger partial charge in [-0.2, -0.15) is 0 Å². The second kappa shape index (κ2) is 10.2. The lowest BCUT2D eigenvalue weighted by Crippen LogP contribution is -2.01. The normalized spacial score (nSPS) is 11.0. The molecule has 0 aliphatic carbocycles. The first-order valence-electron chi connectivity index (χ1n) is 9.81. The molecule has 0 aliphatic heterocycles. The molecule has 160 valence electrons. The summed E-state index contributed by atoms with van der Waals surface area (Å²) in [5, 5.41) is 10.8. The molecular weight excluding hydrogens is 460 g/mol. The van der Waals surface area contributed by atoms with E-state index in [1.165, 1.54) is 12.1 Å². The maximum atomic E-state index is 10.8. The van der Waals surface area contributed by atoms with Crippen LogP contribution >= 0.6 is 15.9 Å². The van der Waals surface area contributed by atoms with Crippen LogP contribution in [0.25, 0.3) is 0 Å². The Hall–Kier alpha value is -3.19. The lowest BCUT2D eigenvalue weighted by molar-refractivity contribution is -0.384. The molecule has 0 fully saturated rings. The molecule has 7 heteroatoms. The van der Waals surface area contributed by atoms with Crippen LogP contribution in [0.1, 0.15) is 29.2 Å². The summed E-state index contributed by atoms with van der Waals surface area (Å²) in [5.41, 5.74) is 4.93. The number of benzene rings is 3. The number of non-ortho nitro benzene ring substituents is 1. The minimum absolute atomic E-state index is 0.0485. The van der Waals surface area contributed by atoms with Gasteiger partial charge in [0.1, 0.15) is 6.61 Å². The second-order valence-corrected chi connectivity index (χ2v) is 7.88. The van der Waals surface area contributed by atoms with Crippen molar-refractivity contribution >= 4 is 33.5 Å². The maximum absolute atomic E-state index is 10.8. The third kappa shape index (κ3) is 5.92. The van der Waals surface area contributed by atoms with Crippen molar-refractivity contribution in [3.63, 3.8) is 0 Å². The van der Waals surface area contributed by atoms with E-state index in [1.807, 2.05) is 39.0 Å². The summed E-state index contributed by atoms with van der Waals surface area (Å²) in [6.45, 7) is 6.72. The van der Waals surface area contributed by atoms with Crippen molar-refractivity contribution in [1.82, 2.24) is 0 Å². The number of hydrogen-bond acceptors (Lipinski definition) is 5. The van der Waals surface area contributed by atoms with Crippen LogP contribution in [0.2, 0.25) is 0 Å². The zero-order chi connectivity index (χ0) is 22.4.